The van der Waals surface area contributed by atoms with E-state index < -0.39 is 0 Å². The van der Waals surface area contributed by atoms with E-state index in [1.165, 1.54) is 25.3 Å². The maximum Gasteiger partial charge on any atom is 0.231 e. The average Bonchev–Trinajstić information content (AvgIpc) is 2.30. The zero-order valence-corrected chi connectivity index (χ0v) is 10.00. The lowest BCUT2D eigenvalue weighted by molar-refractivity contribution is -0.110. The van der Waals surface area contributed by atoms with Crippen molar-refractivity contribution < 1.29 is 9.53 Å². The van der Waals surface area contributed by atoms with Gasteiger partial charge in [-0.1, -0.05) is 19.8 Å². The van der Waals surface area contributed by atoms with Crippen molar-refractivity contribution in [1.82, 2.24) is 0 Å². The quantitative estimate of drug-likeness (QED) is 0.308. The maximum absolute atomic E-state index is 11.1. The van der Waals surface area contributed by atoms with E-state index >= 15 is 0 Å². The minimum absolute atomic E-state index is 0.288. The van der Waals surface area contributed by atoms with Gasteiger partial charge in [-0.2, -0.15) is 0 Å². The van der Waals surface area contributed by atoms with Crippen molar-refractivity contribution in [2.24, 2.45) is 0 Å². The number of hydrogen-bond acceptors (Lipinski definition) is 2. The molecule has 1 aliphatic heterocycles. The topological polar surface area (TPSA) is 26.3 Å². The molecule has 2 nitrogen and oxygen atoms in total. The van der Waals surface area contributed by atoms with E-state index in [9.17, 15) is 4.79 Å². The molecule has 0 amide bonds. The second-order valence-electron chi connectivity index (χ2n) is 4.25. The van der Waals surface area contributed by atoms with Crippen molar-refractivity contribution in [3.05, 3.63) is 11.8 Å². The lowest BCUT2D eigenvalue weighted by atomic mass is 10.0. The number of terminal acetylenes is 1. The highest BCUT2D eigenvalue weighted by Gasteiger charge is 2.17. The summed E-state index contributed by atoms with van der Waals surface area (Å²) in [6, 6.07) is 0. The number of rotatable bonds is 5. The Bertz CT molecular complexity index is 296. The molecule has 0 aromatic rings. The third-order valence-electron chi connectivity index (χ3n) is 2.83. The SMILES string of the molecule is C#CC(=O)/C=C1/CCC[C@@H](CCCCC)O1. The second kappa shape index (κ2) is 7.11. The zero-order chi connectivity index (χ0) is 11.8. The molecule has 1 atom stereocenters. The summed E-state index contributed by atoms with van der Waals surface area (Å²) in [5.74, 6) is 2.57. The smallest absolute Gasteiger partial charge is 0.231 e. The summed E-state index contributed by atoms with van der Waals surface area (Å²) < 4.78 is 5.75. The Labute approximate surface area is 98.1 Å². The van der Waals surface area contributed by atoms with Gasteiger partial charge in [-0.25, -0.2) is 0 Å². The molecule has 1 fully saturated rings. The van der Waals surface area contributed by atoms with Crippen LogP contribution in [0.25, 0.3) is 0 Å². The molecule has 0 spiro atoms. The largest absolute Gasteiger partial charge is 0.495 e. The molecule has 1 aliphatic rings. The Hall–Kier alpha value is -1.23. The molecule has 0 N–H and O–H groups in total. The van der Waals surface area contributed by atoms with Crippen LogP contribution in [-0.4, -0.2) is 11.9 Å². The van der Waals surface area contributed by atoms with E-state index in [0.29, 0.717) is 0 Å². The van der Waals surface area contributed by atoms with Crippen LogP contribution in [0.5, 0.6) is 0 Å². The number of ether oxygens (including phenoxy) is 1. The molecule has 0 aliphatic carbocycles. The molecule has 1 saturated heterocycles. The fourth-order valence-corrected chi connectivity index (χ4v) is 1.96. The lowest BCUT2D eigenvalue weighted by Gasteiger charge is -2.25. The van der Waals surface area contributed by atoms with Gasteiger partial charge in [0.2, 0.25) is 5.78 Å². The first-order valence-electron chi connectivity index (χ1n) is 6.14. The molecular weight excluding hydrogens is 200 g/mol. The van der Waals surface area contributed by atoms with Gasteiger partial charge in [0.05, 0.1) is 6.10 Å². The fourth-order valence-electron chi connectivity index (χ4n) is 1.96. The highest BCUT2D eigenvalue weighted by molar-refractivity contribution is 6.03. The monoisotopic (exact) mass is 220 g/mol. The lowest BCUT2D eigenvalue weighted by Crippen LogP contribution is -2.18. The molecule has 0 aromatic heterocycles. The van der Waals surface area contributed by atoms with Crippen molar-refractivity contribution in [3.8, 4) is 12.3 Å². The number of allylic oxidation sites excluding steroid dienone is 2. The average molecular weight is 220 g/mol. The van der Waals surface area contributed by atoms with Crippen LogP contribution in [0.2, 0.25) is 0 Å². The van der Waals surface area contributed by atoms with E-state index in [2.05, 4.69) is 12.8 Å². The molecule has 0 aromatic carbocycles. The van der Waals surface area contributed by atoms with Crippen LogP contribution in [0.1, 0.15) is 51.9 Å². The summed E-state index contributed by atoms with van der Waals surface area (Å²) in [4.78, 5) is 11.1. The molecular formula is C14H20O2. The number of ketones is 1. The van der Waals surface area contributed by atoms with Gasteiger partial charge < -0.3 is 4.74 Å². The minimum Gasteiger partial charge on any atom is -0.495 e. The van der Waals surface area contributed by atoms with E-state index in [0.717, 1.165) is 31.4 Å². The van der Waals surface area contributed by atoms with Crippen molar-refractivity contribution >= 4 is 5.78 Å². The number of carbonyl (C=O) groups excluding carboxylic acids is 1. The Morgan fingerprint density at radius 2 is 2.44 bits per heavy atom. The highest BCUT2D eigenvalue weighted by atomic mass is 16.5. The van der Waals surface area contributed by atoms with Crippen LogP contribution in [0.15, 0.2) is 11.8 Å². The number of carbonyl (C=O) groups is 1. The summed E-state index contributed by atoms with van der Waals surface area (Å²) in [6.07, 6.45) is 14.6. The predicted octanol–water partition coefficient (Wildman–Crippen LogP) is 3.22. The highest BCUT2D eigenvalue weighted by Crippen LogP contribution is 2.25. The Balaban J connectivity index is 2.38. The van der Waals surface area contributed by atoms with Crippen LogP contribution in [0.3, 0.4) is 0 Å². The Morgan fingerprint density at radius 3 is 3.12 bits per heavy atom. The normalized spacial score (nSPS) is 22.5. The molecule has 88 valence electrons. The Morgan fingerprint density at radius 1 is 1.62 bits per heavy atom. The molecule has 0 saturated carbocycles. The van der Waals surface area contributed by atoms with Crippen LogP contribution in [0, 0.1) is 12.3 Å². The molecule has 0 unspecified atom stereocenters. The summed E-state index contributed by atoms with van der Waals surface area (Å²) in [5, 5.41) is 0. The van der Waals surface area contributed by atoms with E-state index in [4.69, 9.17) is 11.2 Å². The van der Waals surface area contributed by atoms with Crippen molar-refractivity contribution in [2.75, 3.05) is 0 Å². The molecule has 16 heavy (non-hydrogen) atoms. The van der Waals surface area contributed by atoms with E-state index in [-0.39, 0.29) is 11.9 Å². The number of hydrogen-bond donors (Lipinski definition) is 0. The standard InChI is InChI=1S/C14H20O2/c1-3-5-6-8-13-9-7-10-14(16-13)11-12(15)4-2/h2,11,13H,3,5-10H2,1H3/b14-11-/t13-/m1/s1. The summed E-state index contributed by atoms with van der Waals surface area (Å²) >= 11 is 0. The van der Waals surface area contributed by atoms with Gasteiger partial charge in [0, 0.05) is 12.5 Å². The van der Waals surface area contributed by atoms with Crippen LogP contribution in [0.4, 0.5) is 0 Å². The van der Waals surface area contributed by atoms with Crippen LogP contribution < -0.4 is 0 Å². The van der Waals surface area contributed by atoms with Gasteiger partial charge in [0.15, 0.2) is 0 Å². The van der Waals surface area contributed by atoms with E-state index in [1.807, 2.05) is 0 Å². The van der Waals surface area contributed by atoms with Gasteiger partial charge in [-0.05, 0) is 31.6 Å². The minimum atomic E-state index is -0.288. The van der Waals surface area contributed by atoms with Gasteiger partial charge in [0.25, 0.3) is 0 Å². The first-order valence-corrected chi connectivity index (χ1v) is 6.14. The molecule has 0 bridgehead atoms. The van der Waals surface area contributed by atoms with Crippen molar-refractivity contribution in [1.29, 1.82) is 0 Å². The first kappa shape index (κ1) is 12.8. The molecule has 1 rings (SSSR count). The van der Waals surface area contributed by atoms with Gasteiger partial charge in [0.1, 0.15) is 5.76 Å². The Kier molecular flexibility index (Phi) is 5.71. The predicted molar refractivity (Wildman–Crippen MR) is 64.8 cm³/mol. The zero-order valence-electron chi connectivity index (χ0n) is 10.00. The second-order valence-corrected chi connectivity index (χ2v) is 4.25. The van der Waals surface area contributed by atoms with Crippen molar-refractivity contribution in [3.63, 3.8) is 0 Å². The maximum atomic E-state index is 11.1. The molecule has 2 heteroatoms. The molecule has 1 heterocycles. The van der Waals surface area contributed by atoms with Crippen LogP contribution in [-0.2, 0) is 9.53 Å². The third kappa shape index (κ3) is 4.53. The van der Waals surface area contributed by atoms with E-state index in [1.54, 1.807) is 0 Å². The van der Waals surface area contributed by atoms with Gasteiger partial charge >= 0.3 is 0 Å². The summed E-state index contributed by atoms with van der Waals surface area (Å²) in [5.41, 5.74) is 0. The van der Waals surface area contributed by atoms with Gasteiger partial charge in [-0.15, -0.1) is 6.42 Å². The van der Waals surface area contributed by atoms with Crippen LogP contribution >= 0.6 is 0 Å². The summed E-state index contributed by atoms with van der Waals surface area (Å²) in [6.45, 7) is 2.19. The summed E-state index contributed by atoms with van der Waals surface area (Å²) in [7, 11) is 0. The fraction of sp³-hybridized carbons (Fsp3) is 0.643. The number of unbranched alkanes of at least 4 members (excludes halogenated alkanes) is 2. The molecule has 0 radical (unpaired) electrons. The van der Waals surface area contributed by atoms with Gasteiger partial charge in [-0.3, -0.25) is 4.79 Å². The van der Waals surface area contributed by atoms with Crippen molar-refractivity contribution in [2.45, 2.75) is 58.0 Å². The third-order valence-corrected chi connectivity index (χ3v) is 2.83. The first-order chi connectivity index (χ1) is 7.76.